The van der Waals surface area contributed by atoms with Crippen molar-refractivity contribution >= 4 is 5.91 Å². The second-order valence-electron chi connectivity index (χ2n) is 4.79. The second kappa shape index (κ2) is 7.29. The van der Waals surface area contributed by atoms with E-state index in [1.165, 1.54) is 17.2 Å². The molecule has 0 saturated carbocycles. The van der Waals surface area contributed by atoms with Gasteiger partial charge in [-0.2, -0.15) is 0 Å². The monoisotopic (exact) mass is 265 g/mol. The molecule has 2 nitrogen and oxygen atoms in total. The smallest absolute Gasteiger partial charge is 0.243 e. The van der Waals surface area contributed by atoms with Crippen LogP contribution in [0, 0.1) is 0 Å². The van der Waals surface area contributed by atoms with Crippen LogP contribution < -0.4 is 5.32 Å². The zero-order valence-electron chi connectivity index (χ0n) is 11.5. The van der Waals surface area contributed by atoms with Crippen molar-refractivity contribution in [2.24, 2.45) is 0 Å². The van der Waals surface area contributed by atoms with Crippen molar-refractivity contribution in [2.45, 2.75) is 18.9 Å². The third kappa shape index (κ3) is 4.39. The molecule has 0 aliphatic rings. The summed E-state index contributed by atoms with van der Waals surface area (Å²) < 4.78 is 0. The Morgan fingerprint density at radius 1 is 0.950 bits per heavy atom. The van der Waals surface area contributed by atoms with Crippen molar-refractivity contribution in [2.75, 3.05) is 0 Å². The standard InChI is InChI=1S/C18H19NO/c1-2-18(20)19-17(13-15-9-5-3-6-10-15)14-16-11-7-4-8-12-16/h2-12,17H,1,13-14H2,(H,19,20). The number of nitrogens with one attached hydrogen (secondary N) is 1. The Morgan fingerprint density at radius 3 is 1.80 bits per heavy atom. The number of hydrogen-bond acceptors (Lipinski definition) is 1. The predicted octanol–water partition coefficient (Wildman–Crippen LogP) is 3.14. The summed E-state index contributed by atoms with van der Waals surface area (Å²) in [5, 5.41) is 3.01. The first kappa shape index (κ1) is 14.1. The van der Waals surface area contributed by atoms with Crippen LogP contribution in [0.15, 0.2) is 73.3 Å². The minimum absolute atomic E-state index is 0.0744. The minimum atomic E-state index is -0.123. The molecule has 0 radical (unpaired) electrons. The van der Waals surface area contributed by atoms with Crippen LogP contribution in [0.2, 0.25) is 0 Å². The lowest BCUT2D eigenvalue weighted by atomic mass is 9.99. The van der Waals surface area contributed by atoms with E-state index in [1.54, 1.807) is 0 Å². The minimum Gasteiger partial charge on any atom is -0.349 e. The lowest BCUT2D eigenvalue weighted by molar-refractivity contribution is -0.117. The molecule has 2 aromatic rings. The van der Waals surface area contributed by atoms with E-state index in [0.29, 0.717) is 0 Å². The van der Waals surface area contributed by atoms with E-state index in [4.69, 9.17) is 0 Å². The summed E-state index contributed by atoms with van der Waals surface area (Å²) in [7, 11) is 0. The van der Waals surface area contributed by atoms with Gasteiger partial charge in [0.2, 0.25) is 5.91 Å². The summed E-state index contributed by atoms with van der Waals surface area (Å²) in [4.78, 5) is 11.6. The molecule has 2 aromatic carbocycles. The second-order valence-corrected chi connectivity index (χ2v) is 4.79. The quantitative estimate of drug-likeness (QED) is 0.799. The van der Waals surface area contributed by atoms with E-state index < -0.39 is 0 Å². The van der Waals surface area contributed by atoms with Crippen LogP contribution in [0.25, 0.3) is 0 Å². The zero-order chi connectivity index (χ0) is 14.2. The molecule has 1 amide bonds. The molecule has 0 aliphatic heterocycles. The van der Waals surface area contributed by atoms with Gasteiger partial charge in [0.05, 0.1) is 0 Å². The summed E-state index contributed by atoms with van der Waals surface area (Å²) in [5.41, 5.74) is 2.44. The van der Waals surface area contributed by atoms with E-state index >= 15 is 0 Å². The lowest BCUT2D eigenvalue weighted by Crippen LogP contribution is -2.37. The van der Waals surface area contributed by atoms with Crippen LogP contribution in [0.3, 0.4) is 0 Å². The van der Waals surface area contributed by atoms with Gasteiger partial charge in [0.1, 0.15) is 0 Å². The van der Waals surface area contributed by atoms with E-state index in [2.05, 4.69) is 36.2 Å². The fourth-order valence-corrected chi connectivity index (χ4v) is 2.23. The van der Waals surface area contributed by atoms with Crippen LogP contribution in [-0.2, 0) is 17.6 Å². The van der Waals surface area contributed by atoms with Crippen molar-refractivity contribution in [3.8, 4) is 0 Å². The number of rotatable bonds is 6. The Bertz CT molecular complexity index is 507. The summed E-state index contributed by atoms with van der Waals surface area (Å²) in [5.74, 6) is -0.123. The Labute approximate surface area is 120 Å². The molecule has 0 heterocycles. The van der Waals surface area contributed by atoms with Gasteiger partial charge in [0.25, 0.3) is 0 Å². The first-order valence-corrected chi connectivity index (χ1v) is 6.78. The number of amides is 1. The number of hydrogen-bond donors (Lipinski definition) is 1. The van der Waals surface area contributed by atoms with Crippen LogP contribution in [0.4, 0.5) is 0 Å². The van der Waals surface area contributed by atoms with Crippen molar-refractivity contribution in [3.63, 3.8) is 0 Å². The van der Waals surface area contributed by atoms with Gasteiger partial charge in [0, 0.05) is 6.04 Å². The first-order chi connectivity index (χ1) is 9.78. The summed E-state index contributed by atoms with van der Waals surface area (Å²) >= 11 is 0. The van der Waals surface area contributed by atoms with E-state index in [0.717, 1.165) is 12.8 Å². The average molecular weight is 265 g/mol. The number of carbonyl (C=O) groups is 1. The molecule has 0 aromatic heterocycles. The summed E-state index contributed by atoms with van der Waals surface area (Å²) in [6.45, 7) is 3.52. The maximum Gasteiger partial charge on any atom is 0.243 e. The molecule has 0 aliphatic carbocycles. The Balaban J connectivity index is 2.08. The SMILES string of the molecule is C=CC(=O)NC(Cc1ccccc1)Cc1ccccc1. The van der Waals surface area contributed by atoms with Gasteiger partial charge < -0.3 is 5.32 Å². The molecule has 102 valence electrons. The predicted molar refractivity (Wildman–Crippen MR) is 82.4 cm³/mol. The molecule has 0 spiro atoms. The number of carbonyl (C=O) groups excluding carboxylic acids is 1. The van der Waals surface area contributed by atoms with Gasteiger partial charge >= 0.3 is 0 Å². The topological polar surface area (TPSA) is 29.1 Å². The molecule has 0 saturated heterocycles. The van der Waals surface area contributed by atoms with Gasteiger partial charge in [-0.3, -0.25) is 4.79 Å². The highest BCUT2D eigenvalue weighted by Crippen LogP contribution is 2.09. The Kier molecular flexibility index (Phi) is 5.13. The fraction of sp³-hybridized carbons (Fsp3) is 0.167. The summed E-state index contributed by atoms with van der Waals surface area (Å²) in [6.07, 6.45) is 2.95. The fourth-order valence-electron chi connectivity index (χ4n) is 2.23. The van der Waals surface area contributed by atoms with Crippen molar-refractivity contribution in [1.82, 2.24) is 5.32 Å². The highest BCUT2D eigenvalue weighted by Gasteiger charge is 2.12. The molecular formula is C18H19NO. The molecule has 20 heavy (non-hydrogen) atoms. The number of benzene rings is 2. The van der Waals surface area contributed by atoms with E-state index in [9.17, 15) is 4.79 Å². The third-order valence-corrected chi connectivity index (χ3v) is 3.18. The maximum absolute atomic E-state index is 11.6. The largest absolute Gasteiger partial charge is 0.349 e. The van der Waals surface area contributed by atoms with Crippen LogP contribution in [0.1, 0.15) is 11.1 Å². The molecule has 1 N–H and O–H groups in total. The maximum atomic E-state index is 11.6. The molecule has 0 unspecified atom stereocenters. The molecule has 0 bridgehead atoms. The van der Waals surface area contributed by atoms with Crippen LogP contribution in [-0.4, -0.2) is 11.9 Å². The zero-order valence-corrected chi connectivity index (χ0v) is 11.5. The van der Waals surface area contributed by atoms with Crippen LogP contribution in [0.5, 0.6) is 0 Å². The van der Waals surface area contributed by atoms with Gasteiger partial charge in [-0.05, 0) is 30.0 Å². The van der Waals surface area contributed by atoms with Crippen LogP contribution >= 0.6 is 0 Å². The van der Waals surface area contributed by atoms with Gasteiger partial charge in [-0.15, -0.1) is 0 Å². The highest BCUT2D eigenvalue weighted by molar-refractivity contribution is 5.87. The lowest BCUT2D eigenvalue weighted by Gasteiger charge is -2.18. The van der Waals surface area contributed by atoms with Crippen molar-refractivity contribution < 1.29 is 4.79 Å². The van der Waals surface area contributed by atoms with Gasteiger partial charge in [-0.25, -0.2) is 0 Å². The molecule has 2 rings (SSSR count). The molecular weight excluding hydrogens is 246 g/mol. The summed E-state index contributed by atoms with van der Waals surface area (Å²) in [6, 6.07) is 20.5. The van der Waals surface area contributed by atoms with Gasteiger partial charge in [-0.1, -0.05) is 67.2 Å². The normalized spacial score (nSPS) is 10.2. The third-order valence-electron chi connectivity index (χ3n) is 3.18. The van der Waals surface area contributed by atoms with Crippen molar-refractivity contribution in [3.05, 3.63) is 84.4 Å². The average Bonchev–Trinajstić information content (AvgIpc) is 2.49. The van der Waals surface area contributed by atoms with E-state index in [-0.39, 0.29) is 11.9 Å². The first-order valence-electron chi connectivity index (χ1n) is 6.78. The Hall–Kier alpha value is -2.35. The van der Waals surface area contributed by atoms with Crippen molar-refractivity contribution in [1.29, 1.82) is 0 Å². The highest BCUT2D eigenvalue weighted by atomic mass is 16.1. The van der Waals surface area contributed by atoms with E-state index in [1.807, 2.05) is 36.4 Å². The molecule has 0 atom stereocenters. The van der Waals surface area contributed by atoms with Gasteiger partial charge in [0.15, 0.2) is 0 Å². The molecule has 2 heteroatoms. The molecule has 0 fully saturated rings. The Morgan fingerprint density at radius 2 is 1.40 bits per heavy atom.